The van der Waals surface area contributed by atoms with E-state index < -0.39 is 18.5 Å². The predicted molar refractivity (Wildman–Crippen MR) is 85.7 cm³/mol. The van der Waals surface area contributed by atoms with Crippen LogP contribution >= 0.6 is 27.5 Å². The van der Waals surface area contributed by atoms with Gasteiger partial charge < -0.3 is 15.4 Å². The number of carbonyl (C=O) groups excluding carboxylic acids is 3. The van der Waals surface area contributed by atoms with E-state index in [4.69, 9.17) is 16.3 Å². The van der Waals surface area contributed by atoms with E-state index in [1.807, 2.05) is 13.8 Å². The maximum absolute atomic E-state index is 11.8. The molecule has 1 rings (SSSR count). The highest BCUT2D eigenvalue weighted by Gasteiger charge is 2.14. The maximum Gasteiger partial charge on any atom is 0.340 e. The Morgan fingerprint density at radius 3 is 2.59 bits per heavy atom. The second-order valence-corrected chi connectivity index (χ2v) is 6.02. The van der Waals surface area contributed by atoms with Gasteiger partial charge in [0.2, 0.25) is 5.91 Å². The molecule has 0 aliphatic carbocycles. The Morgan fingerprint density at radius 2 is 1.95 bits per heavy atom. The molecule has 6 nitrogen and oxygen atoms in total. The molecule has 0 heterocycles. The minimum Gasteiger partial charge on any atom is -0.452 e. The van der Waals surface area contributed by atoms with Crippen LogP contribution in [0.5, 0.6) is 0 Å². The molecule has 0 unspecified atom stereocenters. The fraction of sp³-hybridized carbons (Fsp3) is 0.357. The van der Waals surface area contributed by atoms with Crippen molar-refractivity contribution in [2.24, 2.45) is 0 Å². The molecule has 0 atom stereocenters. The Hall–Kier alpha value is -1.60. The Morgan fingerprint density at radius 1 is 1.27 bits per heavy atom. The summed E-state index contributed by atoms with van der Waals surface area (Å²) in [7, 11) is 0. The van der Waals surface area contributed by atoms with Crippen LogP contribution in [0, 0.1) is 0 Å². The fourth-order valence-corrected chi connectivity index (χ4v) is 2.02. The Labute approximate surface area is 141 Å². The summed E-state index contributed by atoms with van der Waals surface area (Å²) in [6.07, 6.45) is 0. The minimum atomic E-state index is -0.715. The molecule has 0 radical (unpaired) electrons. The summed E-state index contributed by atoms with van der Waals surface area (Å²) in [5.74, 6) is -1.60. The number of hydrogen-bond donors (Lipinski definition) is 2. The summed E-state index contributed by atoms with van der Waals surface area (Å²) >= 11 is 9.10. The molecule has 2 amide bonds. The second-order valence-electron chi connectivity index (χ2n) is 4.70. The number of halogens is 2. The number of nitrogens with one attached hydrogen (secondary N) is 2. The van der Waals surface area contributed by atoms with Gasteiger partial charge in [0.25, 0.3) is 5.91 Å². The predicted octanol–water partition coefficient (Wildman–Crippen LogP) is 1.90. The number of hydrogen-bond acceptors (Lipinski definition) is 4. The van der Waals surface area contributed by atoms with Crippen molar-refractivity contribution < 1.29 is 19.1 Å². The van der Waals surface area contributed by atoms with Crippen molar-refractivity contribution in [1.82, 2.24) is 10.6 Å². The summed E-state index contributed by atoms with van der Waals surface area (Å²) in [5.41, 5.74) is 0.154. The van der Waals surface area contributed by atoms with Gasteiger partial charge in [-0.3, -0.25) is 9.59 Å². The lowest BCUT2D eigenvalue weighted by Crippen LogP contribution is -2.41. The second kappa shape index (κ2) is 8.75. The lowest BCUT2D eigenvalue weighted by molar-refractivity contribution is -0.128. The SMILES string of the molecule is CC(C)NC(=O)CNC(=O)COC(=O)c1cc(Br)ccc1Cl. The van der Waals surface area contributed by atoms with Gasteiger partial charge in [0, 0.05) is 10.5 Å². The van der Waals surface area contributed by atoms with Crippen LogP contribution in [-0.4, -0.2) is 37.0 Å². The molecule has 0 bridgehead atoms. The van der Waals surface area contributed by atoms with Crippen LogP contribution in [0.25, 0.3) is 0 Å². The zero-order chi connectivity index (χ0) is 16.7. The Kier molecular flexibility index (Phi) is 7.34. The molecule has 0 aromatic heterocycles. The quantitative estimate of drug-likeness (QED) is 0.725. The van der Waals surface area contributed by atoms with Gasteiger partial charge in [0.05, 0.1) is 17.1 Å². The number of benzene rings is 1. The third kappa shape index (κ3) is 6.44. The molecule has 2 N–H and O–H groups in total. The first kappa shape index (κ1) is 18.4. The lowest BCUT2D eigenvalue weighted by atomic mass is 10.2. The van der Waals surface area contributed by atoms with Crippen molar-refractivity contribution in [3.05, 3.63) is 33.3 Å². The zero-order valence-corrected chi connectivity index (χ0v) is 14.5. The first-order chi connectivity index (χ1) is 10.3. The first-order valence-corrected chi connectivity index (χ1v) is 7.65. The van der Waals surface area contributed by atoms with Gasteiger partial charge in [-0.1, -0.05) is 27.5 Å². The van der Waals surface area contributed by atoms with Crippen LogP contribution in [-0.2, 0) is 14.3 Å². The maximum atomic E-state index is 11.8. The van der Waals surface area contributed by atoms with Gasteiger partial charge >= 0.3 is 5.97 Å². The molecular formula is C14H16BrClN2O4. The molecule has 0 saturated carbocycles. The first-order valence-electron chi connectivity index (χ1n) is 6.48. The van der Waals surface area contributed by atoms with Crippen molar-refractivity contribution in [2.75, 3.05) is 13.2 Å². The standard InChI is InChI=1S/C14H16BrClN2O4/c1-8(2)18-12(19)6-17-13(20)7-22-14(21)10-5-9(15)3-4-11(10)16/h3-5,8H,6-7H2,1-2H3,(H,17,20)(H,18,19). The number of amides is 2. The highest BCUT2D eigenvalue weighted by Crippen LogP contribution is 2.21. The van der Waals surface area contributed by atoms with E-state index in [2.05, 4.69) is 26.6 Å². The van der Waals surface area contributed by atoms with Gasteiger partial charge in [-0.05, 0) is 32.0 Å². The summed E-state index contributed by atoms with van der Waals surface area (Å²) in [6.45, 7) is 2.95. The summed E-state index contributed by atoms with van der Waals surface area (Å²) in [6, 6.07) is 4.71. The molecule has 0 spiro atoms. The average Bonchev–Trinajstić information content (AvgIpc) is 2.44. The molecule has 22 heavy (non-hydrogen) atoms. The van der Waals surface area contributed by atoms with E-state index in [9.17, 15) is 14.4 Å². The largest absolute Gasteiger partial charge is 0.452 e. The highest BCUT2D eigenvalue weighted by molar-refractivity contribution is 9.10. The zero-order valence-electron chi connectivity index (χ0n) is 12.1. The molecule has 0 saturated heterocycles. The topological polar surface area (TPSA) is 84.5 Å². The van der Waals surface area contributed by atoms with Crippen LogP contribution in [0.4, 0.5) is 0 Å². The summed E-state index contributed by atoms with van der Waals surface area (Å²) < 4.78 is 5.52. The van der Waals surface area contributed by atoms with Crippen LogP contribution in [0.2, 0.25) is 5.02 Å². The monoisotopic (exact) mass is 390 g/mol. The van der Waals surface area contributed by atoms with Crippen LogP contribution in [0.1, 0.15) is 24.2 Å². The molecule has 120 valence electrons. The summed E-state index contributed by atoms with van der Waals surface area (Å²) in [5, 5.41) is 5.20. The highest BCUT2D eigenvalue weighted by atomic mass is 79.9. The van der Waals surface area contributed by atoms with Crippen LogP contribution < -0.4 is 10.6 Å². The van der Waals surface area contributed by atoms with Crippen LogP contribution in [0.3, 0.4) is 0 Å². The average molecular weight is 392 g/mol. The van der Waals surface area contributed by atoms with E-state index >= 15 is 0 Å². The number of rotatable bonds is 6. The van der Waals surface area contributed by atoms with Crippen molar-refractivity contribution in [1.29, 1.82) is 0 Å². The molecule has 1 aromatic rings. The van der Waals surface area contributed by atoms with E-state index in [0.29, 0.717) is 4.47 Å². The van der Waals surface area contributed by atoms with Crippen molar-refractivity contribution >= 4 is 45.3 Å². The van der Waals surface area contributed by atoms with E-state index in [-0.39, 0.29) is 29.1 Å². The van der Waals surface area contributed by atoms with E-state index in [0.717, 1.165) is 0 Å². The van der Waals surface area contributed by atoms with Gasteiger partial charge in [-0.15, -0.1) is 0 Å². The third-order valence-corrected chi connectivity index (χ3v) is 3.20. The van der Waals surface area contributed by atoms with Crippen molar-refractivity contribution in [2.45, 2.75) is 19.9 Å². The van der Waals surface area contributed by atoms with Gasteiger partial charge in [0.15, 0.2) is 6.61 Å². The molecule has 0 aliphatic rings. The van der Waals surface area contributed by atoms with Gasteiger partial charge in [-0.25, -0.2) is 4.79 Å². The van der Waals surface area contributed by atoms with E-state index in [1.165, 1.54) is 6.07 Å². The smallest absolute Gasteiger partial charge is 0.340 e. The molecule has 8 heteroatoms. The number of carbonyl (C=O) groups is 3. The van der Waals surface area contributed by atoms with Gasteiger partial charge in [0.1, 0.15) is 0 Å². The number of esters is 1. The number of ether oxygens (including phenoxy) is 1. The van der Waals surface area contributed by atoms with Gasteiger partial charge in [-0.2, -0.15) is 0 Å². The molecule has 0 fully saturated rings. The van der Waals surface area contributed by atoms with Crippen LogP contribution in [0.15, 0.2) is 22.7 Å². The van der Waals surface area contributed by atoms with Crippen molar-refractivity contribution in [3.8, 4) is 0 Å². The Balaban J connectivity index is 2.42. The normalized spacial score (nSPS) is 10.2. The molecule has 1 aromatic carbocycles. The minimum absolute atomic E-state index is 0.0131. The Bertz CT molecular complexity index is 578. The summed E-state index contributed by atoms with van der Waals surface area (Å²) in [4.78, 5) is 34.7. The van der Waals surface area contributed by atoms with E-state index in [1.54, 1.807) is 12.1 Å². The van der Waals surface area contributed by atoms with Crippen molar-refractivity contribution in [3.63, 3.8) is 0 Å². The molecular weight excluding hydrogens is 376 g/mol. The fourth-order valence-electron chi connectivity index (χ4n) is 1.47. The lowest BCUT2D eigenvalue weighted by Gasteiger charge is -2.10. The molecule has 0 aliphatic heterocycles. The third-order valence-electron chi connectivity index (χ3n) is 2.38.